The van der Waals surface area contributed by atoms with Gasteiger partial charge in [0.1, 0.15) is 0 Å². The van der Waals surface area contributed by atoms with Gasteiger partial charge in [-0.1, -0.05) is 56.3 Å². The number of nitrogen functional groups attached to an aromatic ring is 1. The molecule has 3 heteroatoms. The number of hydrogen-bond donors (Lipinski definition) is 2. The molecule has 0 radical (unpaired) electrons. The van der Waals surface area contributed by atoms with Gasteiger partial charge >= 0.3 is 0 Å². The molecule has 0 spiro atoms. The Labute approximate surface area is 132 Å². The van der Waals surface area contributed by atoms with Crippen LogP contribution in [0.2, 0.25) is 0 Å². The van der Waals surface area contributed by atoms with Gasteiger partial charge in [0.25, 0.3) is 0 Å². The molecule has 0 aliphatic carbocycles. The molecule has 3 N–H and O–H groups in total. The van der Waals surface area contributed by atoms with E-state index >= 15 is 0 Å². The minimum absolute atomic E-state index is 0.0873. The predicted molar refractivity (Wildman–Crippen MR) is 91.7 cm³/mol. The third-order valence-electron chi connectivity index (χ3n) is 3.87. The van der Waals surface area contributed by atoms with Gasteiger partial charge in [0.15, 0.2) is 0 Å². The largest absolute Gasteiger partial charge is 0.399 e. The lowest BCUT2D eigenvalue weighted by atomic mass is 9.81. The van der Waals surface area contributed by atoms with Crippen molar-refractivity contribution in [3.8, 4) is 0 Å². The van der Waals surface area contributed by atoms with Crippen molar-refractivity contribution in [2.45, 2.75) is 32.1 Å². The molecule has 1 amide bonds. The molecule has 116 valence electrons. The number of anilines is 1. The molecular formula is C19H24N2O. The van der Waals surface area contributed by atoms with Crippen LogP contribution in [0.5, 0.6) is 0 Å². The van der Waals surface area contributed by atoms with Crippen molar-refractivity contribution in [1.82, 2.24) is 5.32 Å². The number of benzene rings is 2. The van der Waals surface area contributed by atoms with Crippen molar-refractivity contribution < 1.29 is 4.79 Å². The van der Waals surface area contributed by atoms with Gasteiger partial charge in [0.05, 0.1) is 0 Å². The van der Waals surface area contributed by atoms with E-state index < -0.39 is 0 Å². The van der Waals surface area contributed by atoms with Gasteiger partial charge in [0, 0.05) is 18.7 Å². The Morgan fingerprint density at radius 2 is 1.68 bits per heavy atom. The SMILES string of the molecule is CC(C)(CC(=O)NCCc1ccc(N)cc1)c1ccccc1. The lowest BCUT2D eigenvalue weighted by molar-refractivity contribution is -0.122. The molecule has 3 nitrogen and oxygen atoms in total. The maximum atomic E-state index is 12.1. The minimum atomic E-state index is -0.160. The Bertz CT molecular complexity index is 603. The number of carbonyl (C=O) groups is 1. The molecule has 0 saturated heterocycles. The van der Waals surface area contributed by atoms with Gasteiger partial charge in [-0.15, -0.1) is 0 Å². The van der Waals surface area contributed by atoms with Crippen molar-refractivity contribution in [2.24, 2.45) is 0 Å². The molecule has 0 aliphatic heterocycles. The average molecular weight is 296 g/mol. The fraction of sp³-hybridized carbons (Fsp3) is 0.316. The second kappa shape index (κ2) is 7.12. The van der Waals surface area contributed by atoms with Gasteiger partial charge in [-0.25, -0.2) is 0 Å². The van der Waals surface area contributed by atoms with Crippen molar-refractivity contribution in [1.29, 1.82) is 0 Å². The van der Waals surface area contributed by atoms with Gasteiger partial charge in [-0.2, -0.15) is 0 Å². The van der Waals surface area contributed by atoms with E-state index in [0.717, 1.165) is 12.1 Å². The van der Waals surface area contributed by atoms with Crippen molar-refractivity contribution in [3.63, 3.8) is 0 Å². The maximum absolute atomic E-state index is 12.1. The molecule has 0 bridgehead atoms. The number of nitrogens with one attached hydrogen (secondary N) is 1. The molecule has 2 aromatic rings. The van der Waals surface area contributed by atoms with Crippen LogP contribution in [0, 0.1) is 0 Å². The summed E-state index contributed by atoms with van der Waals surface area (Å²) in [4.78, 5) is 12.1. The van der Waals surface area contributed by atoms with Crippen molar-refractivity contribution in [3.05, 3.63) is 65.7 Å². The first-order chi connectivity index (χ1) is 10.5. The molecule has 22 heavy (non-hydrogen) atoms. The predicted octanol–water partition coefficient (Wildman–Crippen LogP) is 3.30. The van der Waals surface area contributed by atoms with Crippen LogP contribution < -0.4 is 11.1 Å². The molecule has 2 rings (SSSR count). The Morgan fingerprint density at radius 3 is 2.32 bits per heavy atom. The van der Waals surface area contributed by atoms with E-state index in [9.17, 15) is 4.79 Å². The number of nitrogens with two attached hydrogens (primary N) is 1. The first-order valence-electron chi connectivity index (χ1n) is 7.64. The lowest BCUT2D eigenvalue weighted by Gasteiger charge is -2.24. The Kier molecular flexibility index (Phi) is 5.21. The quantitative estimate of drug-likeness (QED) is 0.804. The summed E-state index contributed by atoms with van der Waals surface area (Å²) in [5, 5.41) is 3.00. The Hall–Kier alpha value is -2.29. The molecule has 0 aliphatic rings. The highest BCUT2D eigenvalue weighted by Gasteiger charge is 2.23. The number of carbonyl (C=O) groups excluding carboxylic acids is 1. The van der Waals surface area contributed by atoms with E-state index in [-0.39, 0.29) is 11.3 Å². The molecule has 0 aromatic heterocycles. The zero-order chi connectivity index (χ0) is 16.0. The summed E-state index contributed by atoms with van der Waals surface area (Å²) in [6, 6.07) is 17.9. The summed E-state index contributed by atoms with van der Waals surface area (Å²) in [7, 11) is 0. The molecule has 0 atom stereocenters. The third kappa shape index (κ3) is 4.62. The van der Waals surface area contributed by atoms with Crippen LogP contribution in [0.1, 0.15) is 31.4 Å². The molecule has 0 heterocycles. The highest BCUT2D eigenvalue weighted by Crippen LogP contribution is 2.26. The van der Waals surface area contributed by atoms with E-state index in [1.807, 2.05) is 42.5 Å². The van der Waals surface area contributed by atoms with E-state index in [1.54, 1.807) is 0 Å². The first kappa shape index (κ1) is 16.1. The van der Waals surface area contributed by atoms with Crippen LogP contribution in [0.15, 0.2) is 54.6 Å². The first-order valence-corrected chi connectivity index (χ1v) is 7.64. The van der Waals surface area contributed by atoms with E-state index in [4.69, 9.17) is 5.73 Å². The number of amides is 1. The van der Waals surface area contributed by atoms with Crippen LogP contribution in [-0.4, -0.2) is 12.5 Å². The fourth-order valence-electron chi connectivity index (χ4n) is 2.49. The van der Waals surface area contributed by atoms with Gasteiger partial charge in [-0.05, 0) is 35.1 Å². The second-order valence-corrected chi connectivity index (χ2v) is 6.27. The number of rotatable bonds is 6. The van der Waals surface area contributed by atoms with Gasteiger partial charge < -0.3 is 11.1 Å². The molecule has 0 fully saturated rings. The number of hydrogen-bond acceptors (Lipinski definition) is 2. The average Bonchev–Trinajstić information content (AvgIpc) is 2.50. The van der Waals surface area contributed by atoms with E-state index in [1.165, 1.54) is 11.1 Å². The Morgan fingerprint density at radius 1 is 1.05 bits per heavy atom. The summed E-state index contributed by atoms with van der Waals surface area (Å²) < 4.78 is 0. The van der Waals surface area contributed by atoms with E-state index in [2.05, 4.69) is 31.3 Å². The maximum Gasteiger partial charge on any atom is 0.220 e. The highest BCUT2D eigenvalue weighted by atomic mass is 16.1. The molecular weight excluding hydrogens is 272 g/mol. The molecule has 2 aromatic carbocycles. The Balaban J connectivity index is 1.81. The second-order valence-electron chi connectivity index (χ2n) is 6.27. The third-order valence-corrected chi connectivity index (χ3v) is 3.87. The van der Waals surface area contributed by atoms with Crippen LogP contribution in [0.3, 0.4) is 0 Å². The summed E-state index contributed by atoms with van der Waals surface area (Å²) in [5.41, 5.74) is 8.62. The summed E-state index contributed by atoms with van der Waals surface area (Å²) in [5.74, 6) is 0.0873. The summed E-state index contributed by atoms with van der Waals surface area (Å²) in [6.07, 6.45) is 1.30. The lowest BCUT2D eigenvalue weighted by Crippen LogP contribution is -2.32. The summed E-state index contributed by atoms with van der Waals surface area (Å²) >= 11 is 0. The van der Waals surface area contributed by atoms with Crippen molar-refractivity contribution >= 4 is 11.6 Å². The summed E-state index contributed by atoms with van der Waals surface area (Å²) in [6.45, 7) is 4.84. The highest BCUT2D eigenvalue weighted by molar-refractivity contribution is 5.77. The van der Waals surface area contributed by atoms with Crippen LogP contribution >= 0.6 is 0 Å². The standard InChI is InChI=1S/C19H24N2O/c1-19(2,16-6-4-3-5-7-16)14-18(22)21-13-12-15-8-10-17(20)11-9-15/h3-11H,12-14,20H2,1-2H3,(H,21,22). The van der Waals surface area contributed by atoms with E-state index in [0.29, 0.717) is 13.0 Å². The molecule has 0 saturated carbocycles. The van der Waals surface area contributed by atoms with Crippen molar-refractivity contribution in [2.75, 3.05) is 12.3 Å². The molecule has 0 unspecified atom stereocenters. The smallest absolute Gasteiger partial charge is 0.220 e. The van der Waals surface area contributed by atoms with Gasteiger partial charge in [-0.3, -0.25) is 4.79 Å². The zero-order valence-electron chi connectivity index (χ0n) is 13.3. The van der Waals surface area contributed by atoms with Gasteiger partial charge in [0.2, 0.25) is 5.91 Å². The zero-order valence-corrected chi connectivity index (χ0v) is 13.3. The van der Waals surface area contributed by atoms with Crippen LogP contribution in [-0.2, 0) is 16.6 Å². The normalized spacial score (nSPS) is 11.2. The van der Waals surface area contributed by atoms with Crippen LogP contribution in [0.4, 0.5) is 5.69 Å². The minimum Gasteiger partial charge on any atom is -0.399 e. The topological polar surface area (TPSA) is 55.1 Å². The van der Waals surface area contributed by atoms with Crippen LogP contribution in [0.25, 0.3) is 0 Å². The fourth-order valence-corrected chi connectivity index (χ4v) is 2.49. The monoisotopic (exact) mass is 296 g/mol.